The van der Waals surface area contributed by atoms with E-state index in [0.29, 0.717) is 19.0 Å². The number of fused-ring (bicyclic) bond motifs is 1. The Morgan fingerprint density at radius 1 is 1.11 bits per heavy atom. The fourth-order valence-corrected chi connectivity index (χ4v) is 4.59. The average Bonchev–Trinajstić information content (AvgIpc) is 3.38. The SMILES string of the molecule is O=C(Cn1c(C2CC(=O)N(C3CC3)C2)nc2ccccc21)N1CCCCC1. The molecule has 6 nitrogen and oxygen atoms in total. The number of benzene rings is 1. The van der Waals surface area contributed by atoms with Crippen molar-refractivity contribution in [1.82, 2.24) is 19.4 Å². The lowest BCUT2D eigenvalue weighted by Crippen LogP contribution is -2.38. The zero-order valence-corrected chi connectivity index (χ0v) is 15.6. The minimum Gasteiger partial charge on any atom is -0.341 e. The maximum atomic E-state index is 12.9. The third-order valence-electron chi connectivity index (χ3n) is 6.20. The molecule has 6 heteroatoms. The Labute approximate surface area is 159 Å². The Bertz CT molecular complexity index is 879. The number of nitrogens with zero attached hydrogens (tertiary/aromatic N) is 4. The van der Waals surface area contributed by atoms with Crippen molar-refractivity contribution in [3.8, 4) is 0 Å². The van der Waals surface area contributed by atoms with Crippen LogP contribution in [0.25, 0.3) is 11.0 Å². The van der Waals surface area contributed by atoms with Gasteiger partial charge in [0.05, 0.1) is 11.0 Å². The predicted molar refractivity (Wildman–Crippen MR) is 102 cm³/mol. The molecule has 142 valence electrons. The molecule has 0 bridgehead atoms. The van der Waals surface area contributed by atoms with Crippen molar-refractivity contribution in [2.45, 2.75) is 57.0 Å². The normalized spacial score (nSPS) is 23.4. The first kappa shape index (κ1) is 16.8. The zero-order chi connectivity index (χ0) is 18.4. The van der Waals surface area contributed by atoms with Crippen LogP contribution < -0.4 is 0 Å². The molecule has 0 radical (unpaired) electrons. The van der Waals surface area contributed by atoms with Gasteiger partial charge in [-0.1, -0.05) is 12.1 Å². The van der Waals surface area contributed by atoms with Crippen LogP contribution in [-0.2, 0) is 16.1 Å². The van der Waals surface area contributed by atoms with Crippen LogP contribution >= 0.6 is 0 Å². The van der Waals surface area contributed by atoms with Gasteiger partial charge in [0.2, 0.25) is 11.8 Å². The Morgan fingerprint density at radius 2 is 1.89 bits per heavy atom. The van der Waals surface area contributed by atoms with Crippen molar-refractivity contribution in [1.29, 1.82) is 0 Å². The molecule has 1 unspecified atom stereocenters. The van der Waals surface area contributed by atoms with E-state index in [1.165, 1.54) is 6.42 Å². The molecule has 27 heavy (non-hydrogen) atoms. The van der Waals surface area contributed by atoms with Crippen molar-refractivity contribution in [3.05, 3.63) is 30.1 Å². The van der Waals surface area contributed by atoms with E-state index in [0.717, 1.165) is 62.2 Å². The van der Waals surface area contributed by atoms with Gasteiger partial charge >= 0.3 is 0 Å². The molecule has 3 fully saturated rings. The maximum absolute atomic E-state index is 12.9. The highest BCUT2D eigenvalue weighted by Crippen LogP contribution is 2.37. The highest BCUT2D eigenvalue weighted by Gasteiger charge is 2.41. The summed E-state index contributed by atoms with van der Waals surface area (Å²) in [6.07, 6.45) is 6.17. The molecule has 0 spiro atoms. The van der Waals surface area contributed by atoms with Gasteiger partial charge in [-0.2, -0.15) is 0 Å². The first-order valence-electron chi connectivity index (χ1n) is 10.2. The molecule has 5 rings (SSSR count). The van der Waals surface area contributed by atoms with Gasteiger partial charge < -0.3 is 14.4 Å². The van der Waals surface area contributed by atoms with Crippen molar-refractivity contribution in [3.63, 3.8) is 0 Å². The number of aromatic nitrogens is 2. The van der Waals surface area contributed by atoms with E-state index in [4.69, 9.17) is 4.98 Å². The zero-order valence-electron chi connectivity index (χ0n) is 15.6. The molecule has 3 heterocycles. The topological polar surface area (TPSA) is 58.4 Å². The molecule has 2 amide bonds. The Kier molecular flexibility index (Phi) is 4.14. The Hall–Kier alpha value is -2.37. The number of carbonyl (C=O) groups excluding carboxylic acids is 2. The van der Waals surface area contributed by atoms with Gasteiger partial charge in [-0.15, -0.1) is 0 Å². The van der Waals surface area contributed by atoms with E-state index in [9.17, 15) is 9.59 Å². The van der Waals surface area contributed by atoms with Crippen LogP contribution in [0.2, 0.25) is 0 Å². The number of para-hydroxylation sites is 2. The number of amides is 2. The van der Waals surface area contributed by atoms with Gasteiger partial charge in [-0.3, -0.25) is 9.59 Å². The molecule has 1 atom stereocenters. The van der Waals surface area contributed by atoms with Gasteiger partial charge in [0, 0.05) is 38.0 Å². The Morgan fingerprint density at radius 3 is 2.67 bits per heavy atom. The number of hydrogen-bond donors (Lipinski definition) is 0. The molecule has 1 saturated carbocycles. The summed E-state index contributed by atoms with van der Waals surface area (Å²) in [5, 5.41) is 0. The standard InChI is InChI=1S/C21H26N4O2/c26-19-12-15(13-24(19)16-8-9-16)21-22-17-6-2-3-7-18(17)25(21)14-20(27)23-10-4-1-5-11-23/h2-3,6-7,15-16H,1,4-5,8-14H2. The van der Waals surface area contributed by atoms with Crippen LogP contribution in [0.15, 0.2) is 24.3 Å². The lowest BCUT2D eigenvalue weighted by Gasteiger charge is -2.27. The van der Waals surface area contributed by atoms with Crippen LogP contribution in [0.1, 0.15) is 50.3 Å². The Balaban J connectivity index is 1.46. The third kappa shape index (κ3) is 3.11. The largest absolute Gasteiger partial charge is 0.341 e. The molecular weight excluding hydrogens is 340 g/mol. The first-order chi connectivity index (χ1) is 13.2. The van der Waals surface area contributed by atoms with E-state index >= 15 is 0 Å². The molecule has 3 aliphatic rings. The second kappa shape index (κ2) is 6.66. The third-order valence-corrected chi connectivity index (χ3v) is 6.20. The molecule has 2 saturated heterocycles. The summed E-state index contributed by atoms with van der Waals surface area (Å²) >= 11 is 0. The molecule has 1 aromatic carbocycles. The minimum atomic E-state index is 0.0830. The van der Waals surface area contributed by atoms with E-state index in [2.05, 4.69) is 4.57 Å². The number of piperidine rings is 1. The van der Waals surface area contributed by atoms with Crippen LogP contribution in [-0.4, -0.2) is 56.8 Å². The van der Waals surface area contributed by atoms with E-state index in [1.807, 2.05) is 34.1 Å². The van der Waals surface area contributed by atoms with Gasteiger partial charge in [-0.05, 0) is 44.2 Å². The molecule has 1 aliphatic carbocycles. The highest BCUT2D eigenvalue weighted by atomic mass is 16.2. The van der Waals surface area contributed by atoms with Crippen molar-refractivity contribution in [2.75, 3.05) is 19.6 Å². The van der Waals surface area contributed by atoms with E-state index in [1.54, 1.807) is 0 Å². The lowest BCUT2D eigenvalue weighted by atomic mass is 10.1. The van der Waals surface area contributed by atoms with Crippen LogP contribution in [0.3, 0.4) is 0 Å². The van der Waals surface area contributed by atoms with Gasteiger partial charge in [0.15, 0.2) is 0 Å². The summed E-state index contributed by atoms with van der Waals surface area (Å²) in [6, 6.07) is 8.44. The van der Waals surface area contributed by atoms with E-state index in [-0.39, 0.29) is 17.7 Å². The summed E-state index contributed by atoms with van der Waals surface area (Å²) < 4.78 is 2.07. The summed E-state index contributed by atoms with van der Waals surface area (Å²) in [5.74, 6) is 1.39. The van der Waals surface area contributed by atoms with Crippen molar-refractivity contribution < 1.29 is 9.59 Å². The fraction of sp³-hybridized carbons (Fsp3) is 0.571. The quantitative estimate of drug-likeness (QED) is 0.835. The molecule has 2 aromatic rings. The highest BCUT2D eigenvalue weighted by molar-refractivity contribution is 5.83. The molecule has 1 aromatic heterocycles. The van der Waals surface area contributed by atoms with Gasteiger partial charge in [0.1, 0.15) is 12.4 Å². The summed E-state index contributed by atoms with van der Waals surface area (Å²) in [5.41, 5.74) is 1.91. The molecule has 0 N–H and O–H groups in total. The van der Waals surface area contributed by atoms with Crippen LogP contribution in [0.4, 0.5) is 0 Å². The number of imidazole rings is 1. The molecule has 2 aliphatic heterocycles. The smallest absolute Gasteiger partial charge is 0.242 e. The number of carbonyl (C=O) groups is 2. The summed E-state index contributed by atoms with van der Waals surface area (Å²) in [7, 11) is 0. The summed E-state index contributed by atoms with van der Waals surface area (Å²) in [6.45, 7) is 2.78. The minimum absolute atomic E-state index is 0.0830. The first-order valence-corrected chi connectivity index (χ1v) is 10.2. The van der Waals surface area contributed by atoms with Crippen molar-refractivity contribution >= 4 is 22.8 Å². The lowest BCUT2D eigenvalue weighted by molar-refractivity contribution is -0.132. The monoisotopic (exact) mass is 366 g/mol. The fourth-order valence-electron chi connectivity index (χ4n) is 4.59. The van der Waals surface area contributed by atoms with Crippen LogP contribution in [0.5, 0.6) is 0 Å². The van der Waals surface area contributed by atoms with E-state index < -0.39 is 0 Å². The summed E-state index contributed by atoms with van der Waals surface area (Å²) in [4.78, 5) is 34.2. The second-order valence-electron chi connectivity index (χ2n) is 8.16. The predicted octanol–water partition coefficient (Wildman–Crippen LogP) is 2.53. The average molecular weight is 366 g/mol. The number of likely N-dealkylation sites (tertiary alicyclic amines) is 2. The van der Waals surface area contributed by atoms with Gasteiger partial charge in [-0.25, -0.2) is 4.98 Å². The maximum Gasteiger partial charge on any atom is 0.242 e. The second-order valence-corrected chi connectivity index (χ2v) is 8.16. The van der Waals surface area contributed by atoms with Crippen LogP contribution in [0, 0.1) is 0 Å². The van der Waals surface area contributed by atoms with Gasteiger partial charge in [0.25, 0.3) is 0 Å². The van der Waals surface area contributed by atoms with Crippen molar-refractivity contribution in [2.24, 2.45) is 0 Å². The molecular formula is C21H26N4O2. The number of rotatable bonds is 4. The number of hydrogen-bond acceptors (Lipinski definition) is 3.